The monoisotopic (exact) mass is 258 g/mol. The van der Waals surface area contributed by atoms with E-state index in [-0.39, 0.29) is 0 Å². The van der Waals surface area contributed by atoms with Gasteiger partial charge in [0.25, 0.3) is 0 Å². The van der Waals surface area contributed by atoms with E-state index in [1.165, 1.54) is 0 Å². The molecule has 0 radical (unpaired) electrons. The molecule has 0 aliphatic heterocycles. The second-order valence-corrected chi connectivity index (χ2v) is 4.73. The number of methoxy groups -OCH3 is 1. The fourth-order valence-electron chi connectivity index (χ4n) is 2.03. The number of anilines is 1. The molecule has 1 aromatic heterocycles. The Morgan fingerprint density at radius 3 is 2.79 bits per heavy atom. The first-order valence-electron chi connectivity index (χ1n) is 6.09. The summed E-state index contributed by atoms with van der Waals surface area (Å²) in [6, 6.07) is 11.1. The fourth-order valence-corrected chi connectivity index (χ4v) is 2.03. The number of hydrogen-bond donors (Lipinski definition) is 2. The van der Waals surface area contributed by atoms with Crippen LogP contribution in [-0.4, -0.2) is 17.2 Å². The lowest BCUT2D eigenvalue weighted by Gasteiger charge is -2.24. The first-order valence-corrected chi connectivity index (χ1v) is 6.09. The van der Waals surface area contributed by atoms with Crippen LogP contribution in [0, 0.1) is 0 Å². The Kier molecular flexibility index (Phi) is 3.71. The van der Waals surface area contributed by atoms with E-state index in [9.17, 15) is 5.11 Å². The number of aromatic nitrogens is 1. The molecule has 0 aliphatic rings. The van der Waals surface area contributed by atoms with Crippen molar-refractivity contribution in [2.24, 2.45) is 0 Å². The van der Waals surface area contributed by atoms with Gasteiger partial charge in [0, 0.05) is 12.6 Å². The molecule has 0 spiro atoms. The first-order chi connectivity index (χ1) is 9.03. The minimum atomic E-state index is -1.02. The highest BCUT2D eigenvalue weighted by molar-refractivity contribution is 5.41. The van der Waals surface area contributed by atoms with Crippen molar-refractivity contribution in [1.82, 2.24) is 4.98 Å². The maximum absolute atomic E-state index is 10.6. The van der Waals surface area contributed by atoms with Crippen molar-refractivity contribution in [1.29, 1.82) is 0 Å². The van der Waals surface area contributed by atoms with Gasteiger partial charge in [-0.15, -0.1) is 0 Å². The zero-order valence-electron chi connectivity index (χ0n) is 11.1. The molecule has 0 aliphatic carbocycles. The Hall–Kier alpha value is -2.07. The van der Waals surface area contributed by atoms with Gasteiger partial charge in [0.2, 0.25) is 0 Å². The summed E-state index contributed by atoms with van der Waals surface area (Å²) in [6.45, 7) is 1.76. The summed E-state index contributed by atoms with van der Waals surface area (Å²) in [5, 5.41) is 10.6. The van der Waals surface area contributed by atoms with Gasteiger partial charge in [-0.05, 0) is 36.2 Å². The molecule has 0 fully saturated rings. The molecule has 0 amide bonds. The molecule has 1 aromatic carbocycles. The average Bonchev–Trinajstić information content (AvgIpc) is 2.41. The van der Waals surface area contributed by atoms with E-state index >= 15 is 0 Å². The van der Waals surface area contributed by atoms with Crippen LogP contribution in [0.4, 0.5) is 5.82 Å². The van der Waals surface area contributed by atoms with E-state index in [2.05, 4.69) is 4.98 Å². The van der Waals surface area contributed by atoms with Crippen LogP contribution in [0.3, 0.4) is 0 Å². The van der Waals surface area contributed by atoms with Crippen molar-refractivity contribution in [2.75, 3.05) is 12.8 Å². The number of nitrogens with two attached hydrogens (primary N) is 1. The van der Waals surface area contributed by atoms with E-state index in [0.29, 0.717) is 12.2 Å². The van der Waals surface area contributed by atoms with E-state index in [1.807, 2.05) is 36.4 Å². The number of hydrogen-bond acceptors (Lipinski definition) is 4. The Morgan fingerprint density at radius 1 is 1.32 bits per heavy atom. The van der Waals surface area contributed by atoms with Crippen LogP contribution < -0.4 is 10.5 Å². The van der Waals surface area contributed by atoms with Gasteiger partial charge >= 0.3 is 0 Å². The number of rotatable bonds is 4. The minimum Gasteiger partial charge on any atom is -0.497 e. The largest absolute Gasteiger partial charge is 0.497 e. The van der Waals surface area contributed by atoms with Gasteiger partial charge in [0.1, 0.15) is 11.6 Å². The normalized spacial score (nSPS) is 13.8. The van der Waals surface area contributed by atoms with Gasteiger partial charge in [-0.3, -0.25) is 0 Å². The molecule has 0 saturated heterocycles. The van der Waals surface area contributed by atoms with Crippen molar-refractivity contribution >= 4 is 5.82 Å². The lowest BCUT2D eigenvalue weighted by Crippen LogP contribution is -2.25. The van der Waals surface area contributed by atoms with Crippen molar-refractivity contribution in [3.63, 3.8) is 0 Å². The molecule has 1 unspecified atom stereocenters. The number of ether oxygens (including phenoxy) is 1. The average molecular weight is 258 g/mol. The summed E-state index contributed by atoms with van der Waals surface area (Å²) in [4.78, 5) is 4.03. The zero-order valence-corrected chi connectivity index (χ0v) is 11.1. The zero-order chi connectivity index (χ0) is 13.9. The van der Waals surface area contributed by atoms with Gasteiger partial charge < -0.3 is 15.6 Å². The second kappa shape index (κ2) is 5.28. The quantitative estimate of drug-likeness (QED) is 0.881. The van der Waals surface area contributed by atoms with E-state index in [4.69, 9.17) is 10.5 Å². The molecule has 100 valence electrons. The van der Waals surface area contributed by atoms with Crippen LogP contribution in [0.2, 0.25) is 0 Å². The lowest BCUT2D eigenvalue weighted by molar-refractivity contribution is 0.0575. The number of pyridine rings is 1. The summed E-state index contributed by atoms with van der Waals surface area (Å²) in [6.07, 6.45) is 2.04. The predicted octanol–water partition coefficient (Wildman–Crippen LogP) is 2.12. The summed E-state index contributed by atoms with van der Waals surface area (Å²) >= 11 is 0. The molecule has 1 atom stereocenters. The van der Waals surface area contributed by atoms with Crippen molar-refractivity contribution < 1.29 is 9.84 Å². The van der Waals surface area contributed by atoms with Crippen LogP contribution in [0.25, 0.3) is 0 Å². The van der Waals surface area contributed by atoms with Crippen LogP contribution in [-0.2, 0) is 12.0 Å². The Bertz CT molecular complexity index is 568. The highest BCUT2D eigenvalue weighted by Gasteiger charge is 2.25. The van der Waals surface area contributed by atoms with Crippen LogP contribution in [0.5, 0.6) is 5.75 Å². The third kappa shape index (κ3) is 3.03. The van der Waals surface area contributed by atoms with Gasteiger partial charge in [0.05, 0.1) is 12.7 Å². The molecule has 4 nitrogen and oxygen atoms in total. The second-order valence-electron chi connectivity index (χ2n) is 4.73. The third-order valence-corrected chi connectivity index (χ3v) is 3.15. The number of nitrogens with zero attached hydrogens (tertiary/aromatic N) is 1. The number of benzene rings is 1. The van der Waals surface area contributed by atoms with Crippen LogP contribution in [0.1, 0.15) is 18.1 Å². The molecular formula is C15H18N2O2. The fraction of sp³-hybridized carbons (Fsp3) is 0.267. The molecule has 0 saturated carbocycles. The van der Waals surface area contributed by atoms with Gasteiger partial charge in [-0.25, -0.2) is 4.98 Å². The molecule has 19 heavy (non-hydrogen) atoms. The number of nitrogen functional groups attached to an aromatic ring is 1. The van der Waals surface area contributed by atoms with Crippen molar-refractivity contribution in [3.05, 3.63) is 53.7 Å². The maximum Gasteiger partial charge on any atom is 0.126 e. The highest BCUT2D eigenvalue weighted by atomic mass is 16.5. The topological polar surface area (TPSA) is 68.4 Å². The summed E-state index contributed by atoms with van der Waals surface area (Å²) in [5.74, 6) is 1.17. The van der Waals surface area contributed by atoms with E-state index in [0.717, 1.165) is 16.9 Å². The standard InChI is InChI=1S/C15H18N2O2/c1-15(18,10-11-5-4-8-17-14(11)16)12-6-3-7-13(9-12)19-2/h3-9,18H,10H2,1-2H3,(H2,16,17). The summed E-state index contributed by atoms with van der Waals surface area (Å²) in [5.41, 5.74) is 6.41. The van der Waals surface area contributed by atoms with Crippen molar-refractivity contribution in [2.45, 2.75) is 18.9 Å². The third-order valence-electron chi connectivity index (χ3n) is 3.15. The highest BCUT2D eigenvalue weighted by Crippen LogP contribution is 2.29. The SMILES string of the molecule is COc1cccc(C(C)(O)Cc2cccnc2N)c1. The molecule has 4 heteroatoms. The van der Waals surface area contributed by atoms with Crippen molar-refractivity contribution in [3.8, 4) is 5.75 Å². The van der Waals surface area contributed by atoms with Gasteiger partial charge in [-0.1, -0.05) is 18.2 Å². The van der Waals surface area contributed by atoms with Crippen LogP contribution in [0.15, 0.2) is 42.6 Å². The van der Waals surface area contributed by atoms with E-state index < -0.39 is 5.60 Å². The Labute approximate surface area is 112 Å². The smallest absolute Gasteiger partial charge is 0.126 e. The Morgan fingerprint density at radius 2 is 2.11 bits per heavy atom. The van der Waals surface area contributed by atoms with Gasteiger partial charge in [-0.2, -0.15) is 0 Å². The van der Waals surface area contributed by atoms with Crippen LogP contribution >= 0.6 is 0 Å². The first kappa shape index (κ1) is 13.4. The number of aliphatic hydroxyl groups is 1. The molecule has 0 bridgehead atoms. The van der Waals surface area contributed by atoms with Gasteiger partial charge in [0.15, 0.2) is 0 Å². The molecule has 2 aromatic rings. The molecule has 2 rings (SSSR count). The maximum atomic E-state index is 10.6. The lowest BCUT2D eigenvalue weighted by atomic mass is 9.89. The van der Waals surface area contributed by atoms with E-state index in [1.54, 1.807) is 20.2 Å². The summed E-state index contributed by atoms with van der Waals surface area (Å²) < 4.78 is 5.18. The molecule has 1 heterocycles. The minimum absolute atomic E-state index is 0.403. The summed E-state index contributed by atoms with van der Waals surface area (Å²) in [7, 11) is 1.60. The predicted molar refractivity (Wildman–Crippen MR) is 74.9 cm³/mol. The molecular weight excluding hydrogens is 240 g/mol. The molecule has 3 N–H and O–H groups in total. The Balaban J connectivity index is 2.29.